The lowest BCUT2D eigenvalue weighted by Gasteiger charge is -2.32. The summed E-state index contributed by atoms with van der Waals surface area (Å²) in [6.07, 6.45) is 2.07. The van der Waals surface area contributed by atoms with E-state index < -0.39 is 0 Å². The summed E-state index contributed by atoms with van der Waals surface area (Å²) in [7, 11) is 1.75. The molecule has 114 valence electrons. The number of ether oxygens (including phenoxy) is 1. The average molecular weight is 297 g/mol. The van der Waals surface area contributed by atoms with Gasteiger partial charge in [0.25, 0.3) is 0 Å². The highest BCUT2D eigenvalue weighted by molar-refractivity contribution is 7.15. The predicted molar refractivity (Wildman–Crippen MR) is 85.5 cm³/mol. The molecule has 0 amide bonds. The summed E-state index contributed by atoms with van der Waals surface area (Å²) in [4.78, 5) is 8.47. The molecule has 0 spiro atoms. The smallest absolute Gasteiger partial charge is 0.186 e. The van der Waals surface area contributed by atoms with Gasteiger partial charge in [0.1, 0.15) is 0 Å². The highest BCUT2D eigenvalue weighted by atomic mass is 32.1. The Morgan fingerprint density at radius 3 is 2.85 bits per heavy atom. The summed E-state index contributed by atoms with van der Waals surface area (Å²) >= 11 is 1.77. The van der Waals surface area contributed by atoms with Gasteiger partial charge in [-0.15, -0.1) is 0 Å². The molecule has 0 bridgehead atoms. The van der Waals surface area contributed by atoms with Crippen molar-refractivity contribution < 1.29 is 4.74 Å². The van der Waals surface area contributed by atoms with Crippen LogP contribution in [-0.4, -0.2) is 31.3 Å². The Morgan fingerprint density at radius 1 is 1.55 bits per heavy atom. The zero-order valence-corrected chi connectivity index (χ0v) is 14.1. The number of hydrogen-bond acceptors (Lipinski definition) is 5. The molecular weight excluding hydrogens is 270 g/mol. The van der Waals surface area contributed by atoms with Crippen molar-refractivity contribution in [3.63, 3.8) is 0 Å². The van der Waals surface area contributed by atoms with Crippen LogP contribution >= 0.6 is 11.3 Å². The lowest BCUT2D eigenvalue weighted by Crippen LogP contribution is -2.36. The second-order valence-electron chi connectivity index (χ2n) is 6.55. The van der Waals surface area contributed by atoms with Gasteiger partial charge in [0.15, 0.2) is 5.13 Å². The number of nitrogens with zero attached hydrogens (tertiary/aromatic N) is 2. The number of hydrogen-bond donors (Lipinski definition) is 1. The van der Waals surface area contributed by atoms with E-state index in [0.717, 1.165) is 31.1 Å². The zero-order chi connectivity index (χ0) is 14.9. The molecule has 0 fully saturated rings. The highest BCUT2D eigenvalue weighted by Gasteiger charge is 2.34. The van der Waals surface area contributed by atoms with Gasteiger partial charge in [-0.25, -0.2) is 4.98 Å². The van der Waals surface area contributed by atoms with Gasteiger partial charge in [-0.1, -0.05) is 25.2 Å². The van der Waals surface area contributed by atoms with E-state index in [0.29, 0.717) is 6.04 Å². The van der Waals surface area contributed by atoms with E-state index in [1.807, 2.05) is 0 Å². The maximum absolute atomic E-state index is 6.34. The summed E-state index contributed by atoms with van der Waals surface area (Å²) in [6.45, 7) is 10.6. The fourth-order valence-electron chi connectivity index (χ4n) is 3.07. The molecule has 2 rings (SSSR count). The summed E-state index contributed by atoms with van der Waals surface area (Å²) in [5, 5.41) is 1.09. The summed E-state index contributed by atoms with van der Waals surface area (Å²) in [6, 6.07) is 0.471. The standard InChI is InChI=1S/C15H27N3OS/c1-6-18(10(2)9-19-5)14-17-12-8-15(3,4)7-11(16)13(12)20-14/h10-11H,6-9,16H2,1-5H3. The van der Waals surface area contributed by atoms with Gasteiger partial charge in [0.05, 0.1) is 18.3 Å². The number of fused-ring (bicyclic) bond motifs is 1. The minimum Gasteiger partial charge on any atom is -0.383 e. The summed E-state index contributed by atoms with van der Waals surface area (Å²) < 4.78 is 5.27. The van der Waals surface area contributed by atoms with Crippen LogP contribution in [0.4, 0.5) is 5.13 Å². The molecule has 1 aromatic rings. The third-order valence-corrected chi connectivity index (χ3v) is 5.26. The first-order valence-corrected chi connectivity index (χ1v) is 8.20. The van der Waals surface area contributed by atoms with Crippen molar-refractivity contribution in [2.45, 2.75) is 52.6 Å². The Bertz CT molecular complexity index is 458. The van der Waals surface area contributed by atoms with E-state index in [1.54, 1.807) is 18.4 Å². The zero-order valence-electron chi connectivity index (χ0n) is 13.3. The minimum absolute atomic E-state index is 0.136. The maximum atomic E-state index is 6.34. The van der Waals surface area contributed by atoms with Gasteiger partial charge in [0.2, 0.25) is 0 Å². The van der Waals surface area contributed by atoms with Crippen LogP contribution in [0.5, 0.6) is 0 Å². The molecule has 0 aliphatic heterocycles. The van der Waals surface area contributed by atoms with Crippen molar-refractivity contribution in [1.29, 1.82) is 0 Å². The number of nitrogens with two attached hydrogens (primary N) is 1. The SMILES string of the molecule is CCN(c1nc2c(s1)C(N)CC(C)(C)C2)C(C)COC. The topological polar surface area (TPSA) is 51.4 Å². The fraction of sp³-hybridized carbons (Fsp3) is 0.800. The van der Waals surface area contributed by atoms with Crippen LogP contribution in [-0.2, 0) is 11.2 Å². The molecule has 2 atom stereocenters. The molecule has 0 radical (unpaired) electrons. The Morgan fingerprint density at radius 2 is 2.25 bits per heavy atom. The average Bonchev–Trinajstić information content (AvgIpc) is 2.72. The van der Waals surface area contributed by atoms with E-state index in [1.165, 1.54) is 10.6 Å². The Kier molecular flexibility index (Phi) is 4.72. The van der Waals surface area contributed by atoms with Crippen LogP contribution in [0.3, 0.4) is 0 Å². The lowest BCUT2D eigenvalue weighted by molar-refractivity contribution is 0.182. The van der Waals surface area contributed by atoms with E-state index in [-0.39, 0.29) is 11.5 Å². The third-order valence-electron chi connectivity index (χ3n) is 4.00. The minimum atomic E-state index is 0.136. The third kappa shape index (κ3) is 3.15. The first kappa shape index (κ1) is 15.7. The van der Waals surface area contributed by atoms with Gasteiger partial charge >= 0.3 is 0 Å². The first-order chi connectivity index (χ1) is 9.38. The first-order valence-electron chi connectivity index (χ1n) is 7.38. The van der Waals surface area contributed by atoms with E-state index >= 15 is 0 Å². The summed E-state index contributed by atoms with van der Waals surface area (Å²) in [5.41, 5.74) is 7.80. The second kappa shape index (κ2) is 6.00. The van der Waals surface area contributed by atoms with Gasteiger partial charge in [-0.3, -0.25) is 0 Å². The maximum Gasteiger partial charge on any atom is 0.186 e. The predicted octanol–water partition coefficient (Wildman–Crippen LogP) is 2.98. The monoisotopic (exact) mass is 297 g/mol. The number of thiazole rings is 1. The second-order valence-corrected chi connectivity index (χ2v) is 7.56. The van der Waals surface area contributed by atoms with Crippen molar-refractivity contribution in [3.8, 4) is 0 Å². The van der Waals surface area contributed by atoms with Crippen LogP contribution in [0, 0.1) is 5.41 Å². The van der Waals surface area contributed by atoms with Crippen molar-refractivity contribution in [2.24, 2.45) is 11.1 Å². The van der Waals surface area contributed by atoms with Gasteiger partial charge in [-0.05, 0) is 32.1 Å². The number of rotatable bonds is 5. The van der Waals surface area contributed by atoms with E-state index in [2.05, 4.69) is 32.6 Å². The molecule has 5 heteroatoms. The molecule has 4 nitrogen and oxygen atoms in total. The van der Waals surface area contributed by atoms with Gasteiger partial charge in [0, 0.05) is 24.6 Å². The molecular formula is C15H27N3OS. The van der Waals surface area contributed by atoms with Crippen molar-refractivity contribution in [1.82, 2.24) is 4.98 Å². The fourth-order valence-corrected chi connectivity index (χ4v) is 4.32. The van der Waals surface area contributed by atoms with Crippen molar-refractivity contribution >= 4 is 16.5 Å². The molecule has 1 heterocycles. The van der Waals surface area contributed by atoms with Gasteiger partial charge in [-0.2, -0.15) is 0 Å². The van der Waals surface area contributed by atoms with Crippen LogP contribution in [0.25, 0.3) is 0 Å². The van der Waals surface area contributed by atoms with Crippen molar-refractivity contribution in [2.75, 3.05) is 25.2 Å². The van der Waals surface area contributed by atoms with Crippen LogP contribution in [0.15, 0.2) is 0 Å². The molecule has 20 heavy (non-hydrogen) atoms. The number of likely N-dealkylation sites (N-methyl/N-ethyl adjacent to an activating group) is 1. The Balaban J connectivity index is 2.27. The summed E-state index contributed by atoms with van der Waals surface area (Å²) in [5.74, 6) is 0. The van der Waals surface area contributed by atoms with Crippen molar-refractivity contribution in [3.05, 3.63) is 10.6 Å². The molecule has 2 unspecified atom stereocenters. The molecule has 0 aromatic carbocycles. The quantitative estimate of drug-likeness (QED) is 0.908. The normalized spacial score (nSPS) is 22.4. The van der Waals surface area contributed by atoms with Crippen LogP contribution in [0.1, 0.15) is 50.7 Å². The molecule has 1 aliphatic rings. The largest absolute Gasteiger partial charge is 0.383 e. The lowest BCUT2D eigenvalue weighted by atomic mass is 9.77. The van der Waals surface area contributed by atoms with Crippen LogP contribution in [0.2, 0.25) is 0 Å². The van der Waals surface area contributed by atoms with E-state index in [9.17, 15) is 0 Å². The molecule has 1 aromatic heterocycles. The Labute approximate surface area is 126 Å². The highest BCUT2D eigenvalue weighted by Crippen LogP contribution is 2.43. The molecule has 0 saturated carbocycles. The molecule has 2 N–H and O–H groups in total. The van der Waals surface area contributed by atoms with Crippen LogP contribution < -0.4 is 10.6 Å². The molecule has 0 saturated heterocycles. The van der Waals surface area contributed by atoms with Gasteiger partial charge < -0.3 is 15.4 Å². The molecule has 1 aliphatic carbocycles. The Hall–Kier alpha value is -0.650. The number of methoxy groups -OCH3 is 1. The number of anilines is 1. The number of aromatic nitrogens is 1. The van der Waals surface area contributed by atoms with E-state index in [4.69, 9.17) is 15.5 Å².